The molecule has 0 saturated carbocycles. The Kier molecular flexibility index (Phi) is 2.66. The van der Waals surface area contributed by atoms with Crippen LogP contribution in [0.4, 0.5) is 0 Å². The highest BCUT2D eigenvalue weighted by Crippen LogP contribution is 2.19. The Morgan fingerprint density at radius 1 is 1.38 bits per heavy atom. The van der Waals surface area contributed by atoms with Crippen molar-refractivity contribution in [1.29, 1.82) is 0 Å². The number of nitrogens with zero attached hydrogens (tertiary/aromatic N) is 1. The number of hydrogen-bond donors (Lipinski definition) is 1. The van der Waals surface area contributed by atoms with Crippen LogP contribution in [0.25, 0.3) is 0 Å². The molecule has 1 atom stereocenters. The van der Waals surface area contributed by atoms with E-state index in [-0.39, 0.29) is 0 Å². The summed E-state index contributed by atoms with van der Waals surface area (Å²) < 4.78 is 0. The number of hydrogen-bond acceptors (Lipinski definition) is 2. The van der Waals surface area contributed by atoms with Gasteiger partial charge in [0.25, 0.3) is 0 Å². The molecule has 0 aromatic heterocycles. The van der Waals surface area contributed by atoms with E-state index < -0.39 is 0 Å². The second-order valence-electron chi connectivity index (χ2n) is 3.01. The number of benzene rings is 1. The first-order valence-corrected chi connectivity index (χ1v) is 5.41. The maximum absolute atomic E-state index is 4.41. The van der Waals surface area contributed by atoms with Crippen LogP contribution >= 0.6 is 11.8 Å². The number of nitrogens with two attached hydrogens (primary N) is 1. The minimum atomic E-state index is 0.579. The molecule has 0 radical (unpaired) electrons. The predicted molar refractivity (Wildman–Crippen MR) is 56.6 cm³/mol. The first-order valence-electron chi connectivity index (χ1n) is 4.53. The molecule has 2 rings (SSSR count). The van der Waals surface area contributed by atoms with Crippen LogP contribution in [0, 0.1) is 0 Å². The first-order chi connectivity index (χ1) is 6.40. The Balaban J connectivity index is 2.12. The van der Waals surface area contributed by atoms with Gasteiger partial charge in [0.2, 0.25) is 0 Å². The summed E-state index contributed by atoms with van der Waals surface area (Å²) in [6, 6.07) is 10.4. The maximum atomic E-state index is 4.41. The van der Waals surface area contributed by atoms with Gasteiger partial charge in [0, 0.05) is 12.0 Å². The minimum Gasteiger partial charge on any atom is -0.208 e. The minimum absolute atomic E-state index is 0.579. The summed E-state index contributed by atoms with van der Waals surface area (Å²) in [5.41, 5.74) is 3.28. The van der Waals surface area contributed by atoms with Crippen molar-refractivity contribution < 1.29 is 5.43 Å². The lowest BCUT2D eigenvalue weighted by atomic mass is 10.2. The van der Waals surface area contributed by atoms with E-state index in [1.165, 1.54) is 5.56 Å². The van der Waals surface area contributed by atoms with Crippen molar-refractivity contribution in [3.8, 4) is 0 Å². The van der Waals surface area contributed by atoms with E-state index >= 15 is 0 Å². The SMILES string of the molecule is CCC1[NH2+]N=C(c2ccccc2)S1. The summed E-state index contributed by atoms with van der Waals surface area (Å²) in [6.45, 7) is 2.19. The van der Waals surface area contributed by atoms with Crippen molar-refractivity contribution in [3.63, 3.8) is 0 Å². The zero-order valence-corrected chi connectivity index (χ0v) is 8.42. The molecule has 1 heterocycles. The molecule has 1 aromatic carbocycles. The van der Waals surface area contributed by atoms with Crippen molar-refractivity contribution >= 4 is 16.8 Å². The fraction of sp³-hybridized carbons (Fsp3) is 0.300. The zero-order chi connectivity index (χ0) is 9.10. The number of thioether (sulfide) groups is 1. The molecule has 1 aliphatic rings. The predicted octanol–water partition coefficient (Wildman–Crippen LogP) is 1.39. The van der Waals surface area contributed by atoms with Crippen LogP contribution in [0.3, 0.4) is 0 Å². The monoisotopic (exact) mass is 193 g/mol. The topological polar surface area (TPSA) is 29.0 Å². The Labute approximate surface area is 82.4 Å². The summed E-state index contributed by atoms with van der Waals surface area (Å²) in [5, 5.41) is 6.15. The average molecular weight is 193 g/mol. The van der Waals surface area contributed by atoms with Gasteiger partial charge < -0.3 is 0 Å². The lowest BCUT2D eigenvalue weighted by Gasteiger charge is -1.98. The molecule has 1 unspecified atom stereocenters. The van der Waals surface area contributed by atoms with E-state index in [1.807, 2.05) is 23.3 Å². The second kappa shape index (κ2) is 3.94. The fourth-order valence-corrected chi connectivity index (χ4v) is 2.24. The highest BCUT2D eigenvalue weighted by atomic mass is 32.2. The van der Waals surface area contributed by atoms with Crippen LogP contribution in [0.15, 0.2) is 35.4 Å². The Morgan fingerprint density at radius 3 is 2.77 bits per heavy atom. The van der Waals surface area contributed by atoms with Crippen LogP contribution in [0.1, 0.15) is 18.9 Å². The largest absolute Gasteiger partial charge is 0.208 e. The Bertz CT molecular complexity index is 308. The molecule has 2 N–H and O–H groups in total. The van der Waals surface area contributed by atoms with Crippen molar-refractivity contribution in [2.45, 2.75) is 18.7 Å². The molecule has 2 nitrogen and oxygen atoms in total. The third-order valence-electron chi connectivity index (χ3n) is 2.04. The molecule has 1 aliphatic heterocycles. The van der Waals surface area contributed by atoms with Crippen LogP contribution in [-0.2, 0) is 0 Å². The van der Waals surface area contributed by atoms with Crippen LogP contribution < -0.4 is 5.43 Å². The molecule has 0 amide bonds. The average Bonchev–Trinajstić information content (AvgIpc) is 2.67. The van der Waals surface area contributed by atoms with E-state index in [0.717, 1.165) is 11.5 Å². The highest BCUT2D eigenvalue weighted by molar-refractivity contribution is 8.14. The third-order valence-corrected chi connectivity index (χ3v) is 3.37. The van der Waals surface area contributed by atoms with E-state index in [0.29, 0.717) is 5.37 Å². The van der Waals surface area contributed by atoms with Gasteiger partial charge in [0.1, 0.15) is 0 Å². The zero-order valence-electron chi connectivity index (χ0n) is 7.60. The van der Waals surface area contributed by atoms with Gasteiger partial charge >= 0.3 is 0 Å². The molecule has 13 heavy (non-hydrogen) atoms. The van der Waals surface area contributed by atoms with E-state index in [9.17, 15) is 0 Å². The van der Waals surface area contributed by atoms with Gasteiger partial charge in [-0.3, -0.25) is 0 Å². The van der Waals surface area contributed by atoms with Crippen LogP contribution in [0.2, 0.25) is 0 Å². The molecule has 3 heteroatoms. The highest BCUT2D eigenvalue weighted by Gasteiger charge is 2.22. The summed E-state index contributed by atoms with van der Waals surface area (Å²) in [4.78, 5) is 0. The molecular weight excluding hydrogens is 180 g/mol. The van der Waals surface area contributed by atoms with Crippen molar-refractivity contribution in [2.24, 2.45) is 5.10 Å². The van der Waals surface area contributed by atoms with Gasteiger partial charge in [0.05, 0.1) is 0 Å². The molecule has 0 spiro atoms. The van der Waals surface area contributed by atoms with Gasteiger partial charge in [-0.05, 0) is 11.8 Å². The van der Waals surface area contributed by atoms with E-state index in [1.54, 1.807) is 0 Å². The summed E-state index contributed by atoms with van der Waals surface area (Å²) in [5.74, 6) is 0. The van der Waals surface area contributed by atoms with E-state index in [4.69, 9.17) is 0 Å². The number of rotatable bonds is 2. The third kappa shape index (κ3) is 1.92. The Morgan fingerprint density at radius 2 is 2.15 bits per heavy atom. The molecule has 68 valence electrons. The van der Waals surface area contributed by atoms with Crippen molar-refractivity contribution in [1.82, 2.24) is 0 Å². The summed E-state index contributed by atoms with van der Waals surface area (Å²) >= 11 is 1.86. The van der Waals surface area contributed by atoms with E-state index in [2.05, 4.69) is 36.3 Å². The van der Waals surface area contributed by atoms with Gasteiger partial charge in [-0.1, -0.05) is 42.4 Å². The lowest BCUT2D eigenvalue weighted by molar-refractivity contribution is -0.670. The van der Waals surface area contributed by atoms with Gasteiger partial charge in [-0.2, -0.15) is 0 Å². The van der Waals surface area contributed by atoms with Crippen molar-refractivity contribution in [3.05, 3.63) is 35.9 Å². The standard InChI is InChI=1S/C10H12N2S/c1-2-9-11-12-10(13-9)8-6-4-3-5-7-8/h3-7,9,11H,2H2,1H3/p+1. The lowest BCUT2D eigenvalue weighted by Crippen LogP contribution is -2.81. The molecule has 0 saturated heterocycles. The summed E-state index contributed by atoms with van der Waals surface area (Å²) in [6.07, 6.45) is 1.16. The van der Waals surface area contributed by atoms with Gasteiger partial charge in [-0.25, -0.2) is 5.43 Å². The fourth-order valence-electron chi connectivity index (χ4n) is 1.27. The smallest absolute Gasteiger partial charge is 0.164 e. The quantitative estimate of drug-likeness (QED) is 0.707. The maximum Gasteiger partial charge on any atom is 0.164 e. The Hall–Kier alpha value is -0.800. The number of quaternary nitrogens is 1. The normalized spacial score (nSPS) is 21.6. The van der Waals surface area contributed by atoms with Crippen LogP contribution in [-0.4, -0.2) is 10.4 Å². The van der Waals surface area contributed by atoms with Crippen LogP contribution in [0.5, 0.6) is 0 Å². The molecule has 0 fully saturated rings. The first kappa shape index (κ1) is 8.78. The van der Waals surface area contributed by atoms with Gasteiger partial charge in [-0.15, -0.1) is 0 Å². The van der Waals surface area contributed by atoms with Gasteiger partial charge in [0.15, 0.2) is 10.4 Å². The van der Waals surface area contributed by atoms with Crippen molar-refractivity contribution in [2.75, 3.05) is 0 Å². The molecule has 1 aromatic rings. The molecular formula is C10H13N2S+. The molecule has 0 bridgehead atoms. The molecule has 0 aliphatic carbocycles. The summed E-state index contributed by atoms with van der Waals surface area (Å²) in [7, 11) is 0. The second-order valence-corrected chi connectivity index (χ2v) is 4.24.